The normalized spacial score (nSPS) is 12.2. The molecule has 0 spiro atoms. The summed E-state index contributed by atoms with van der Waals surface area (Å²) >= 11 is 0. The van der Waals surface area contributed by atoms with Crippen molar-refractivity contribution in [2.24, 2.45) is 5.92 Å². The molecule has 1 amide bonds. The molecule has 2 rings (SSSR count). The number of methoxy groups -OCH3 is 1. The third-order valence-electron chi connectivity index (χ3n) is 4.09. The standard InChI is InChI=1S/C19H23NO6/c1-10(2)7-14(19(23)24)20-16(21)8-12-9-17(22)26-18-11(3)15(25-4)6-5-13(12)18/h5-6,9-10,14H,7-8H2,1-4H3,(H,20,21)(H,23,24)/p-1/t14-/m0/s1. The lowest BCUT2D eigenvalue weighted by atomic mass is 10.0. The van der Waals surface area contributed by atoms with Crippen molar-refractivity contribution in [3.05, 3.63) is 39.7 Å². The molecule has 0 aliphatic carbocycles. The van der Waals surface area contributed by atoms with Gasteiger partial charge in [-0.3, -0.25) is 4.79 Å². The first-order chi connectivity index (χ1) is 12.2. The van der Waals surface area contributed by atoms with E-state index in [9.17, 15) is 19.5 Å². The second kappa shape index (κ2) is 8.03. The van der Waals surface area contributed by atoms with Gasteiger partial charge in [0.05, 0.1) is 25.5 Å². The summed E-state index contributed by atoms with van der Waals surface area (Å²) in [6.45, 7) is 5.46. The van der Waals surface area contributed by atoms with Crippen molar-refractivity contribution in [3.8, 4) is 5.75 Å². The van der Waals surface area contributed by atoms with Crippen LogP contribution < -0.4 is 20.8 Å². The van der Waals surface area contributed by atoms with Crippen LogP contribution >= 0.6 is 0 Å². The molecule has 2 aromatic rings. The van der Waals surface area contributed by atoms with E-state index < -0.39 is 23.5 Å². The number of aliphatic carboxylic acids is 1. The minimum absolute atomic E-state index is 0.0814. The number of benzene rings is 1. The van der Waals surface area contributed by atoms with E-state index in [1.165, 1.54) is 13.2 Å². The fourth-order valence-electron chi connectivity index (χ4n) is 2.88. The van der Waals surface area contributed by atoms with Crippen LogP contribution in [0.1, 0.15) is 31.4 Å². The maximum Gasteiger partial charge on any atom is 0.336 e. The molecule has 0 aliphatic rings. The minimum Gasteiger partial charge on any atom is -0.548 e. The zero-order valence-electron chi connectivity index (χ0n) is 15.3. The van der Waals surface area contributed by atoms with Crippen molar-refractivity contribution < 1.29 is 23.8 Å². The van der Waals surface area contributed by atoms with Crippen LogP contribution in [0.2, 0.25) is 0 Å². The first-order valence-corrected chi connectivity index (χ1v) is 8.33. The number of carboxylic acid groups (broad SMARTS) is 1. The van der Waals surface area contributed by atoms with Gasteiger partial charge in [0.25, 0.3) is 0 Å². The molecule has 1 heterocycles. The van der Waals surface area contributed by atoms with Gasteiger partial charge in [0, 0.05) is 17.0 Å². The minimum atomic E-state index is -1.33. The zero-order chi connectivity index (χ0) is 19.4. The summed E-state index contributed by atoms with van der Waals surface area (Å²) < 4.78 is 10.5. The van der Waals surface area contributed by atoms with Crippen molar-refractivity contribution in [2.75, 3.05) is 7.11 Å². The lowest BCUT2D eigenvalue weighted by Gasteiger charge is -2.21. The Morgan fingerprint density at radius 1 is 1.31 bits per heavy atom. The number of amides is 1. The largest absolute Gasteiger partial charge is 0.548 e. The Morgan fingerprint density at radius 2 is 2.00 bits per heavy atom. The van der Waals surface area contributed by atoms with Crippen LogP contribution in [0.4, 0.5) is 0 Å². The van der Waals surface area contributed by atoms with Gasteiger partial charge in [0.15, 0.2) is 0 Å². The molecule has 26 heavy (non-hydrogen) atoms. The number of nitrogens with one attached hydrogen (secondary N) is 1. The lowest BCUT2D eigenvalue weighted by molar-refractivity contribution is -0.308. The molecule has 0 saturated carbocycles. The van der Waals surface area contributed by atoms with Gasteiger partial charge in [-0.2, -0.15) is 0 Å². The smallest absolute Gasteiger partial charge is 0.336 e. The Bertz CT molecular complexity index is 883. The Labute approximate surface area is 151 Å². The highest BCUT2D eigenvalue weighted by Gasteiger charge is 2.18. The Kier molecular flexibility index (Phi) is 6.02. The van der Waals surface area contributed by atoms with Crippen LogP contribution in [0.15, 0.2) is 27.4 Å². The first-order valence-electron chi connectivity index (χ1n) is 8.33. The van der Waals surface area contributed by atoms with E-state index in [4.69, 9.17) is 9.15 Å². The summed E-state index contributed by atoms with van der Waals surface area (Å²) in [6.07, 6.45) is 0.123. The summed E-state index contributed by atoms with van der Waals surface area (Å²) in [6, 6.07) is 3.60. The fourth-order valence-corrected chi connectivity index (χ4v) is 2.88. The van der Waals surface area contributed by atoms with E-state index in [0.717, 1.165) is 0 Å². The fraction of sp³-hybridized carbons (Fsp3) is 0.421. The van der Waals surface area contributed by atoms with Gasteiger partial charge in [-0.15, -0.1) is 0 Å². The Balaban J connectivity index is 2.33. The van der Waals surface area contributed by atoms with Crippen molar-refractivity contribution in [2.45, 2.75) is 39.7 Å². The maximum atomic E-state index is 12.3. The number of hydrogen-bond acceptors (Lipinski definition) is 6. The number of carbonyl (C=O) groups excluding carboxylic acids is 2. The van der Waals surface area contributed by atoms with Crippen molar-refractivity contribution in [1.82, 2.24) is 5.32 Å². The Morgan fingerprint density at radius 3 is 2.58 bits per heavy atom. The highest BCUT2D eigenvalue weighted by atomic mass is 16.5. The van der Waals surface area contributed by atoms with Crippen molar-refractivity contribution in [3.63, 3.8) is 0 Å². The van der Waals surface area contributed by atoms with Gasteiger partial charge in [-0.05, 0) is 37.0 Å². The number of ether oxygens (including phenoxy) is 1. The first kappa shape index (κ1) is 19.5. The highest BCUT2D eigenvalue weighted by molar-refractivity contribution is 5.90. The zero-order valence-corrected chi connectivity index (χ0v) is 15.3. The molecule has 1 aromatic heterocycles. The van der Waals surface area contributed by atoms with Gasteiger partial charge in [0.2, 0.25) is 5.91 Å². The van der Waals surface area contributed by atoms with E-state index in [0.29, 0.717) is 27.8 Å². The average molecular weight is 360 g/mol. The topological polar surface area (TPSA) is 109 Å². The molecule has 7 nitrogen and oxygen atoms in total. The number of rotatable bonds is 7. The molecule has 1 atom stereocenters. The van der Waals surface area contributed by atoms with Crippen molar-refractivity contribution >= 4 is 22.8 Å². The second-order valence-electron chi connectivity index (χ2n) is 6.61. The molecular formula is C19H22NO6-. The molecule has 0 aliphatic heterocycles. The number of carbonyl (C=O) groups is 2. The summed E-state index contributed by atoms with van der Waals surface area (Å²) in [5.74, 6) is -1.18. The molecule has 7 heteroatoms. The molecule has 1 aromatic carbocycles. The van der Waals surface area contributed by atoms with Crippen LogP contribution in [0.25, 0.3) is 11.0 Å². The molecule has 0 bridgehead atoms. The summed E-state index contributed by atoms with van der Waals surface area (Å²) in [5, 5.41) is 14.3. The Hall–Kier alpha value is -2.83. The van der Waals surface area contributed by atoms with Crippen LogP contribution in [-0.2, 0) is 16.0 Å². The van der Waals surface area contributed by atoms with Crippen LogP contribution in [0, 0.1) is 12.8 Å². The van der Waals surface area contributed by atoms with Gasteiger partial charge >= 0.3 is 5.63 Å². The summed E-state index contributed by atoms with van der Waals surface area (Å²) in [4.78, 5) is 35.4. The molecule has 1 N–H and O–H groups in total. The molecular weight excluding hydrogens is 338 g/mol. The molecule has 0 unspecified atom stereocenters. The van der Waals surface area contributed by atoms with Gasteiger partial charge in [0.1, 0.15) is 11.3 Å². The average Bonchev–Trinajstić information content (AvgIpc) is 2.54. The molecule has 140 valence electrons. The van der Waals surface area contributed by atoms with Gasteiger partial charge < -0.3 is 24.4 Å². The highest BCUT2D eigenvalue weighted by Crippen LogP contribution is 2.28. The van der Waals surface area contributed by atoms with Crippen LogP contribution in [0.5, 0.6) is 5.75 Å². The van der Waals surface area contributed by atoms with Gasteiger partial charge in [-0.1, -0.05) is 13.8 Å². The third-order valence-corrected chi connectivity index (χ3v) is 4.09. The molecule has 0 saturated heterocycles. The quantitative estimate of drug-likeness (QED) is 0.736. The van der Waals surface area contributed by atoms with E-state index >= 15 is 0 Å². The molecule has 0 fully saturated rings. The maximum absolute atomic E-state index is 12.3. The van der Waals surface area contributed by atoms with Crippen LogP contribution in [-0.4, -0.2) is 25.0 Å². The second-order valence-corrected chi connectivity index (χ2v) is 6.61. The molecule has 0 radical (unpaired) electrons. The number of fused-ring (bicyclic) bond motifs is 1. The third kappa shape index (κ3) is 4.41. The number of aryl methyl sites for hydroxylation is 1. The number of carboxylic acids is 1. The lowest BCUT2D eigenvalue weighted by Crippen LogP contribution is -2.49. The number of hydrogen-bond donors (Lipinski definition) is 1. The summed E-state index contributed by atoms with van der Waals surface area (Å²) in [5.41, 5.74) is 0.867. The summed E-state index contributed by atoms with van der Waals surface area (Å²) in [7, 11) is 1.51. The van der Waals surface area contributed by atoms with Crippen molar-refractivity contribution in [1.29, 1.82) is 0 Å². The van der Waals surface area contributed by atoms with E-state index in [2.05, 4.69) is 5.32 Å². The van der Waals surface area contributed by atoms with Gasteiger partial charge in [-0.25, -0.2) is 4.79 Å². The SMILES string of the molecule is COc1ccc2c(CC(=O)N[C@@H](CC(C)C)C(=O)[O-])cc(=O)oc2c1C. The predicted molar refractivity (Wildman–Crippen MR) is 93.9 cm³/mol. The van der Waals surface area contributed by atoms with Crippen LogP contribution in [0.3, 0.4) is 0 Å². The van der Waals surface area contributed by atoms with E-state index in [1.807, 2.05) is 13.8 Å². The van der Waals surface area contributed by atoms with E-state index in [-0.39, 0.29) is 18.8 Å². The monoisotopic (exact) mass is 360 g/mol. The predicted octanol–water partition coefficient (Wildman–Crippen LogP) is 0.933. The van der Waals surface area contributed by atoms with E-state index in [1.54, 1.807) is 19.1 Å².